The largest absolute Gasteiger partial charge is 0.376 e. The number of thiophene rings is 1. The number of anilines is 1. The Morgan fingerprint density at radius 1 is 1.30 bits per heavy atom. The van der Waals surface area contributed by atoms with Crippen LogP contribution in [0.4, 0.5) is 5.69 Å². The third-order valence-electron chi connectivity index (χ3n) is 2.65. The standard InChI is InChI=1S/C14H10N4OS/c15-8-10-3-1-4-11(7-10)16-9-13-17-14(18-19-13)12-5-2-6-20-12/h1-7,16H,9H2. The van der Waals surface area contributed by atoms with Gasteiger partial charge in [-0.05, 0) is 29.6 Å². The van der Waals surface area contributed by atoms with Gasteiger partial charge in [-0.3, -0.25) is 0 Å². The van der Waals surface area contributed by atoms with Crippen LogP contribution in [0.3, 0.4) is 0 Å². The number of aromatic nitrogens is 2. The highest BCUT2D eigenvalue weighted by atomic mass is 32.1. The SMILES string of the molecule is N#Cc1cccc(NCc2nc(-c3cccs3)no2)c1. The molecule has 1 N–H and O–H groups in total. The molecule has 98 valence electrons. The normalized spacial score (nSPS) is 10.2. The minimum Gasteiger partial charge on any atom is -0.376 e. The highest BCUT2D eigenvalue weighted by Crippen LogP contribution is 2.21. The van der Waals surface area contributed by atoms with E-state index in [0.717, 1.165) is 10.6 Å². The fraction of sp³-hybridized carbons (Fsp3) is 0.0714. The molecule has 0 aliphatic rings. The zero-order chi connectivity index (χ0) is 13.8. The lowest BCUT2D eigenvalue weighted by molar-refractivity contribution is 0.384. The molecule has 6 heteroatoms. The smallest absolute Gasteiger partial charge is 0.246 e. The van der Waals surface area contributed by atoms with Crippen molar-refractivity contribution in [2.24, 2.45) is 0 Å². The number of hydrogen-bond acceptors (Lipinski definition) is 6. The maximum Gasteiger partial charge on any atom is 0.246 e. The molecule has 0 unspecified atom stereocenters. The second-order valence-electron chi connectivity index (χ2n) is 4.04. The van der Waals surface area contributed by atoms with Crippen molar-refractivity contribution in [1.29, 1.82) is 5.26 Å². The lowest BCUT2D eigenvalue weighted by Gasteiger charge is -2.02. The number of nitrogens with one attached hydrogen (secondary N) is 1. The van der Waals surface area contributed by atoms with E-state index in [2.05, 4.69) is 21.5 Å². The monoisotopic (exact) mass is 282 g/mol. The van der Waals surface area contributed by atoms with E-state index in [1.807, 2.05) is 29.6 Å². The topological polar surface area (TPSA) is 74.7 Å². The van der Waals surface area contributed by atoms with Crippen LogP contribution >= 0.6 is 11.3 Å². The molecule has 0 spiro atoms. The molecule has 0 atom stereocenters. The van der Waals surface area contributed by atoms with Crippen LogP contribution in [0.25, 0.3) is 10.7 Å². The first-order valence-corrected chi connectivity index (χ1v) is 6.83. The van der Waals surface area contributed by atoms with Gasteiger partial charge in [-0.25, -0.2) is 0 Å². The molecule has 3 rings (SSSR count). The zero-order valence-corrected chi connectivity index (χ0v) is 11.2. The van der Waals surface area contributed by atoms with Gasteiger partial charge in [0.2, 0.25) is 11.7 Å². The number of hydrogen-bond donors (Lipinski definition) is 1. The summed E-state index contributed by atoms with van der Waals surface area (Å²) in [7, 11) is 0. The summed E-state index contributed by atoms with van der Waals surface area (Å²) in [6, 6.07) is 13.2. The van der Waals surface area contributed by atoms with Gasteiger partial charge in [-0.2, -0.15) is 10.2 Å². The summed E-state index contributed by atoms with van der Waals surface area (Å²) in [5.41, 5.74) is 1.46. The maximum atomic E-state index is 8.84. The average Bonchev–Trinajstić information content (AvgIpc) is 3.16. The van der Waals surface area contributed by atoms with Gasteiger partial charge in [0.25, 0.3) is 0 Å². The Labute approximate surface area is 119 Å². The lowest BCUT2D eigenvalue weighted by Crippen LogP contribution is -1.99. The van der Waals surface area contributed by atoms with Crippen LogP contribution in [0.5, 0.6) is 0 Å². The van der Waals surface area contributed by atoms with Crippen molar-refractivity contribution in [3.63, 3.8) is 0 Å². The summed E-state index contributed by atoms with van der Waals surface area (Å²) >= 11 is 1.57. The van der Waals surface area contributed by atoms with Crippen molar-refractivity contribution in [1.82, 2.24) is 10.1 Å². The van der Waals surface area contributed by atoms with Gasteiger partial charge in [0.1, 0.15) is 0 Å². The summed E-state index contributed by atoms with van der Waals surface area (Å²) in [4.78, 5) is 5.29. The predicted octanol–water partition coefficient (Wildman–Crippen LogP) is 3.28. The van der Waals surface area contributed by atoms with Crippen molar-refractivity contribution < 1.29 is 4.52 Å². The minimum absolute atomic E-state index is 0.424. The van der Waals surface area contributed by atoms with E-state index in [9.17, 15) is 0 Å². The van der Waals surface area contributed by atoms with Gasteiger partial charge in [-0.1, -0.05) is 17.3 Å². The van der Waals surface area contributed by atoms with Crippen LogP contribution < -0.4 is 5.32 Å². The van der Waals surface area contributed by atoms with E-state index in [-0.39, 0.29) is 0 Å². The molecule has 0 saturated heterocycles. The van der Waals surface area contributed by atoms with Crippen molar-refractivity contribution >= 4 is 17.0 Å². The highest BCUT2D eigenvalue weighted by Gasteiger charge is 2.08. The summed E-state index contributed by atoms with van der Waals surface area (Å²) in [6.07, 6.45) is 0. The Bertz CT molecular complexity index is 743. The Morgan fingerprint density at radius 2 is 2.25 bits per heavy atom. The average molecular weight is 282 g/mol. The predicted molar refractivity (Wildman–Crippen MR) is 76.1 cm³/mol. The minimum atomic E-state index is 0.424. The second kappa shape index (κ2) is 5.55. The van der Waals surface area contributed by atoms with E-state index in [1.165, 1.54) is 0 Å². The van der Waals surface area contributed by atoms with Gasteiger partial charge in [0, 0.05) is 5.69 Å². The van der Waals surface area contributed by atoms with Gasteiger partial charge in [0.05, 0.1) is 23.1 Å². The number of benzene rings is 1. The van der Waals surface area contributed by atoms with Gasteiger partial charge >= 0.3 is 0 Å². The Balaban J connectivity index is 1.68. The molecule has 0 fully saturated rings. The molecule has 0 radical (unpaired) electrons. The third-order valence-corrected chi connectivity index (χ3v) is 3.51. The fourth-order valence-corrected chi connectivity index (χ4v) is 2.36. The van der Waals surface area contributed by atoms with Crippen LogP contribution in [0, 0.1) is 11.3 Å². The first-order valence-electron chi connectivity index (χ1n) is 5.95. The molecule has 0 aliphatic heterocycles. The van der Waals surface area contributed by atoms with Gasteiger partial charge in [0.15, 0.2) is 0 Å². The molecule has 5 nitrogen and oxygen atoms in total. The lowest BCUT2D eigenvalue weighted by atomic mass is 10.2. The number of nitrogens with zero attached hydrogens (tertiary/aromatic N) is 3. The molecular formula is C14H10N4OS. The van der Waals surface area contributed by atoms with E-state index in [0.29, 0.717) is 23.8 Å². The summed E-state index contributed by atoms with van der Waals surface area (Å²) in [6.45, 7) is 0.424. The third kappa shape index (κ3) is 2.68. The summed E-state index contributed by atoms with van der Waals surface area (Å²) < 4.78 is 5.18. The quantitative estimate of drug-likeness (QED) is 0.794. The van der Waals surface area contributed by atoms with Crippen molar-refractivity contribution in [3.05, 3.63) is 53.2 Å². The molecule has 0 amide bonds. The van der Waals surface area contributed by atoms with E-state index >= 15 is 0 Å². The Morgan fingerprint density at radius 3 is 3.05 bits per heavy atom. The Kier molecular flexibility index (Phi) is 3.44. The molecule has 0 saturated carbocycles. The number of rotatable bonds is 4. The van der Waals surface area contributed by atoms with E-state index in [4.69, 9.17) is 9.78 Å². The van der Waals surface area contributed by atoms with E-state index < -0.39 is 0 Å². The molecule has 1 aromatic carbocycles. The summed E-state index contributed by atoms with van der Waals surface area (Å²) in [5, 5.41) is 17.9. The van der Waals surface area contributed by atoms with Gasteiger partial charge < -0.3 is 9.84 Å². The maximum absolute atomic E-state index is 8.84. The van der Waals surface area contributed by atoms with Crippen molar-refractivity contribution in [2.75, 3.05) is 5.32 Å². The first kappa shape index (κ1) is 12.4. The molecular weight excluding hydrogens is 272 g/mol. The van der Waals surface area contributed by atoms with Crippen molar-refractivity contribution in [3.8, 4) is 16.8 Å². The van der Waals surface area contributed by atoms with Gasteiger partial charge in [-0.15, -0.1) is 11.3 Å². The summed E-state index contributed by atoms with van der Waals surface area (Å²) in [5.74, 6) is 1.11. The molecule has 2 heterocycles. The van der Waals surface area contributed by atoms with Crippen molar-refractivity contribution in [2.45, 2.75) is 6.54 Å². The van der Waals surface area contributed by atoms with E-state index in [1.54, 1.807) is 23.5 Å². The van der Waals surface area contributed by atoms with Crippen LogP contribution in [0.15, 0.2) is 46.3 Å². The molecule has 3 aromatic rings. The molecule has 20 heavy (non-hydrogen) atoms. The second-order valence-corrected chi connectivity index (χ2v) is 4.98. The Hall–Kier alpha value is -2.65. The van der Waals surface area contributed by atoms with Crippen LogP contribution in [0.1, 0.15) is 11.5 Å². The van der Waals surface area contributed by atoms with Crippen LogP contribution in [-0.4, -0.2) is 10.1 Å². The van der Waals surface area contributed by atoms with Crippen LogP contribution in [-0.2, 0) is 6.54 Å². The molecule has 2 aromatic heterocycles. The zero-order valence-electron chi connectivity index (χ0n) is 10.4. The number of nitriles is 1. The highest BCUT2D eigenvalue weighted by molar-refractivity contribution is 7.13. The molecule has 0 bridgehead atoms. The van der Waals surface area contributed by atoms with Crippen LogP contribution in [0.2, 0.25) is 0 Å². The first-order chi connectivity index (χ1) is 9.85. The molecule has 0 aliphatic carbocycles. The fourth-order valence-electron chi connectivity index (χ4n) is 1.71.